The summed E-state index contributed by atoms with van der Waals surface area (Å²) in [7, 11) is 1.53. The molecular weight excluding hydrogens is 220 g/mol. The van der Waals surface area contributed by atoms with Crippen LogP contribution in [0.15, 0.2) is 10.7 Å². The van der Waals surface area contributed by atoms with Crippen molar-refractivity contribution in [2.75, 3.05) is 18.6 Å². The van der Waals surface area contributed by atoms with E-state index in [1.165, 1.54) is 20.0 Å². The second-order valence-electron chi connectivity index (χ2n) is 4.54. The molecule has 1 aromatic heterocycles. The van der Waals surface area contributed by atoms with Crippen LogP contribution in [0.4, 0.5) is 5.69 Å². The first-order chi connectivity index (χ1) is 8.15. The van der Waals surface area contributed by atoms with Crippen LogP contribution >= 0.6 is 0 Å². The van der Waals surface area contributed by atoms with E-state index >= 15 is 0 Å². The number of carbonyl (C=O) groups is 1. The molecule has 5 nitrogen and oxygen atoms in total. The number of nitrogens with zero attached hydrogens (tertiary/aromatic N) is 2. The summed E-state index contributed by atoms with van der Waals surface area (Å²) in [6.45, 7) is 3.97. The molecule has 1 aliphatic rings. The van der Waals surface area contributed by atoms with Crippen molar-refractivity contribution in [2.24, 2.45) is 5.92 Å². The van der Waals surface area contributed by atoms with Crippen LogP contribution in [0.3, 0.4) is 0 Å². The van der Waals surface area contributed by atoms with E-state index in [1.807, 2.05) is 6.92 Å². The van der Waals surface area contributed by atoms with E-state index < -0.39 is 0 Å². The van der Waals surface area contributed by atoms with Crippen molar-refractivity contribution in [2.45, 2.75) is 32.7 Å². The highest BCUT2D eigenvalue weighted by Gasteiger charge is 2.36. The van der Waals surface area contributed by atoms with Crippen molar-refractivity contribution in [3.8, 4) is 0 Å². The fraction of sp³-hybridized carbons (Fsp3) is 0.667. The van der Waals surface area contributed by atoms with Gasteiger partial charge in [-0.3, -0.25) is 4.79 Å². The van der Waals surface area contributed by atoms with E-state index in [2.05, 4.69) is 12.1 Å². The molecule has 2 rings (SSSR count). The zero-order valence-corrected chi connectivity index (χ0v) is 10.5. The number of aryl methyl sites for hydroxylation is 1. The van der Waals surface area contributed by atoms with Gasteiger partial charge in [0.1, 0.15) is 12.3 Å². The van der Waals surface area contributed by atoms with Gasteiger partial charge in [-0.1, -0.05) is 5.16 Å². The third-order valence-corrected chi connectivity index (χ3v) is 3.23. The molecule has 1 heterocycles. The van der Waals surface area contributed by atoms with Crippen LogP contribution < -0.4 is 4.90 Å². The smallest absolute Gasteiger partial charge is 0.253 e. The van der Waals surface area contributed by atoms with Crippen molar-refractivity contribution < 1.29 is 14.1 Å². The van der Waals surface area contributed by atoms with E-state index in [1.54, 1.807) is 11.1 Å². The highest BCUT2D eigenvalue weighted by atomic mass is 16.5. The molecule has 1 atom stereocenters. The Kier molecular flexibility index (Phi) is 3.47. The van der Waals surface area contributed by atoms with E-state index in [9.17, 15) is 4.79 Å². The number of ether oxygens (including phenoxy) is 1. The average molecular weight is 238 g/mol. The number of anilines is 1. The normalized spacial score (nSPS) is 16.9. The Morgan fingerprint density at radius 3 is 2.88 bits per heavy atom. The second-order valence-corrected chi connectivity index (χ2v) is 4.54. The Morgan fingerprint density at radius 1 is 1.71 bits per heavy atom. The first-order valence-corrected chi connectivity index (χ1v) is 5.87. The molecule has 0 saturated heterocycles. The number of hydrogen-bond acceptors (Lipinski definition) is 4. The van der Waals surface area contributed by atoms with Crippen molar-refractivity contribution in [1.82, 2.24) is 5.16 Å². The van der Waals surface area contributed by atoms with Gasteiger partial charge in [0.25, 0.3) is 5.91 Å². The summed E-state index contributed by atoms with van der Waals surface area (Å²) in [5.41, 5.74) is 0.756. The highest BCUT2D eigenvalue weighted by Crippen LogP contribution is 2.37. The van der Waals surface area contributed by atoms with Gasteiger partial charge < -0.3 is 14.2 Å². The number of hydrogen-bond donors (Lipinski definition) is 0. The topological polar surface area (TPSA) is 55.6 Å². The predicted molar refractivity (Wildman–Crippen MR) is 62.8 cm³/mol. The van der Waals surface area contributed by atoms with Crippen molar-refractivity contribution in [1.29, 1.82) is 0 Å². The Morgan fingerprint density at radius 2 is 2.41 bits per heavy atom. The molecule has 0 aromatic carbocycles. The molecule has 5 heteroatoms. The Labute approximate surface area is 101 Å². The first kappa shape index (κ1) is 12.1. The Balaban J connectivity index is 2.23. The Hall–Kier alpha value is -1.36. The van der Waals surface area contributed by atoms with Gasteiger partial charge in [0.05, 0.1) is 6.20 Å². The number of amides is 1. The van der Waals surface area contributed by atoms with Crippen LogP contribution in [0, 0.1) is 12.8 Å². The monoisotopic (exact) mass is 238 g/mol. The van der Waals surface area contributed by atoms with E-state index in [0.29, 0.717) is 11.7 Å². The molecule has 0 spiro atoms. The number of carbonyl (C=O) groups excluding carboxylic acids is 1. The summed E-state index contributed by atoms with van der Waals surface area (Å²) in [5, 5.41) is 3.74. The summed E-state index contributed by atoms with van der Waals surface area (Å²) in [5.74, 6) is 1.21. The van der Waals surface area contributed by atoms with Crippen molar-refractivity contribution in [3.63, 3.8) is 0 Å². The fourth-order valence-corrected chi connectivity index (χ4v) is 2.09. The SMILES string of the molecule is COCC(=O)N(c1cnoc1C)C(C)C1CC1. The maximum Gasteiger partial charge on any atom is 0.253 e. The first-order valence-electron chi connectivity index (χ1n) is 5.87. The third-order valence-electron chi connectivity index (χ3n) is 3.23. The minimum Gasteiger partial charge on any atom is -0.375 e. The molecule has 1 aliphatic carbocycles. The standard InChI is InChI=1S/C12H18N2O3/c1-8(10-4-5-10)14(12(15)7-16-3)11-6-13-17-9(11)2/h6,8,10H,4-5,7H2,1-3H3. The summed E-state index contributed by atoms with van der Waals surface area (Å²) in [6.07, 6.45) is 3.96. The van der Waals surface area contributed by atoms with Gasteiger partial charge in [-0.25, -0.2) is 0 Å². The van der Waals surface area contributed by atoms with E-state index in [0.717, 1.165) is 5.69 Å². The van der Waals surface area contributed by atoms with E-state index in [4.69, 9.17) is 9.26 Å². The molecule has 1 aromatic rings. The molecule has 0 radical (unpaired) electrons. The molecule has 94 valence electrons. The van der Waals surface area contributed by atoms with Crippen LogP contribution in [0.1, 0.15) is 25.5 Å². The minimum absolute atomic E-state index is 0.0433. The largest absolute Gasteiger partial charge is 0.375 e. The van der Waals surface area contributed by atoms with Gasteiger partial charge in [0.2, 0.25) is 0 Å². The zero-order valence-electron chi connectivity index (χ0n) is 10.5. The van der Waals surface area contributed by atoms with Crippen molar-refractivity contribution >= 4 is 11.6 Å². The van der Waals surface area contributed by atoms with Gasteiger partial charge in [0.15, 0.2) is 5.76 Å². The molecule has 17 heavy (non-hydrogen) atoms. The van der Waals surface area contributed by atoms with Gasteiger partial charge in [0, 0.05) is 13.2 Å². The maximum atomic E-state index is 12.1. The van der Waals surface area contributed by atoms with Gasteiger partial charge >= 0.3 is 0 Å². The van der Waals surface area contributed by atoms with Crippen molar-refractivity contribution in [3.05, 3.63) is 12.0 Å². The van der Waals surface area contributed by atoms with Crippen LogP contribution in [0.2, 0.25) is 0 Å². The molecule has 1 fully saturated rings. The molecule has 0 aliphatic heterocycles. The van der Waals surface area contributed by atoms with Gasteiger partial charge in [-0.05, 0) is 32.6 Å². The van der Waals surface area contributed by atoms with Gasteiger partial charge in [-0.15, -0.1) is 0 Å². The summed E-state index contributed by atoms with van der Waals surface area (Å²) >= 11 is 0. The number of methoxy groups -OCH3 is 1. The van der Waals surface area contributed by atoms with E-state index in [-0.39, 0.29) is 18.6 Å². The van der Waals surface area contributed by atoms with Crippen LogP contribution in [0.25, 0.3) is 0 Å². The number of aromatic nitrogens is 1. The molecule has 1 unspecified atom stereocenters. The lowest BCUT2D eigenvalue weighted by Crippen LogP contribution is -2.42. The van der Waals surface area contributed by atoms with Crippen LogP contribution in [-0.2, 0) is 9.53 Å². The van der Waals surface area contributed by atoms with Gasteiger partial charge in [-0.2, -0.15) is 0 Å². The number of rotatable bonds is 5. The maximum absolute atomic E-state index is 12.1. The molecule has 1 amide bonds. The minimum atomic E-state index is -0.0433. The fourth-order valence-electron chi connectivity index (χ4n) is 2.09. The zero-order chi connectivity index (χ0) is 12.4. The predicted octanol–water partition coefficient (Wildman–Crippen LogP) is 1.76. The Bertz CT molecular complexity index is 398. The van der Waals surface area contributed by atoms with Crippen LogP contribution in [0.5, 0.6) is 0 Å². The lowest BCUT2D eigenvalue weighted by molar-refractivity contribution is -0.122. The molecule has 1 saturated carbocycles. The highest BCUT2D eigenvalue weighted by molar-refractivity contribution is 5.95. The average Bonchev–Trinajstić information content (AvgIpc) is 3.05. The summed E-state index contributed by atoms with van der Waals surface area (Å²) < 4.78 is 9.97. The summed E-state index contributed by atoms with van der Waals surface area (Å²) in [6, 6.07) is 0.177. The second kappa shape index (κ2) is 4.87. The summed E-state index contributed by atoms with van der Waals surface area (Å²) in [4.78, 5) is 13.9. The quantitative estimate of drug-likeness (QED) is 0.784. The molecular formula is C12H18N2O3. The lowest BCUT2D eigenvalue weighted by atomic mass is 10.1. The molecule has 0 bridgehead atoms. The van der Waals surface area contributed by atoms with Crippen LogP contribution in [-0.4, -0.2) is 30.8 Å². The third kappa shape index (κ3) is 2.49. The molecule has 0 N–H and O–H groups in total. The lowest BCUT2D eigenvalue weighted by Gasteiger charge is -2.28.